The van der Waals surface area contributed by atoms with E-state index in [0.717, 1.165) is 40.9 Å². The first-order valence-electron chi connectivity index (χ1n) is 14.1. The zero-order valence-corrected chi connectivity index (χ0v) is 24.7. The molecular formula is C32H31Cl2F3N4O. The summed E-state index contributed by atoms with van der Waals surface area (Å²) in [6.45, 7) is 0.798. The smallest absolute Gasteiger partial charge is 0.370 e. The summed E-state index contributed by atoms with van der Waals surface area (Å²) in [4.78, 5) is 19.6. The Kier molecular flexibility index (Phi) is 7.64. The number of rotatable bonds is 7. The molecule has 1 unspecified atom stereocenters. The van der Waals surface area contributed by atoms with Crippen LogP contribution in [0.5, 0.6) is 0 Å². The summed E-state index contributed by atoms with van der Waals surface area (Å²) >= 11 is 13.2. The number of imidazole rings is 1. The van der Waals surface area contributed by atoms with Crippen molar-refractivity contribution in [3.8, 4) is 0 Å². The Morgan fingerprint density at radius 2 is 1.83 bits per heavy atom. The molecule has 1 amide bonds. The van der Waals surface area contributed by atoms with Gasteiger partial charge in [-0.3, -0.25) is 4.79 Å². The zero-order chi connectivity index (χ0) is 29.6. The molecule has 10 heteroatoms. The van der Waals surface area contributed by atoms with Gasteiger partial charge >= 0.3 is 6.18 Å². The van der Waals surface area contributed by atoms with Crippen molar-refractivity contribution in [1.29, 1.82) is 0 Å². The van der Waals surface area contributed by atoms with Crippen LogP contribution in [0.2, 0.25) is 10.0 Å². The Labute approximate surface area is 252 Å². The van der Waals surface area contributed by atoms with E-state index in [1.807, 2.05) is 66.2 Å². The number of fused-ring (bicyclic) bond motifs is 1. The normalized spacial score (nSPS) is 18.3. The van der Waals surface area contributed by atoms with Crippen molar-refractivity contribution in [2.75, 3.05) is 18.0 Å². The van der Waals surface area contributed by atoms with E-state index >= 15 is 0 Å². The highest BCUT2D eigenvalue weighted by atomic mass is 35.5. The highest BCUT2D eigenvalue weighted by Gasteiger charge is 2.51. The van der Waals surface area contributed by atoms with Crippen LogP contribution in [-0.4, -0.2) is 34.7 Å². The first-order chi connectivity index (χ1) is 20.0. The van der Waals surface area contributed by atoms with E-state index < -0.39 is 17.5 Å². The third-order valence-electron chi connectivity index (χ3n) is 8.69. The third kappa shape index (κ3) is 5.59. The number of hydrogen-bond donors (Lipinski definition) is 1. The second kappa shape index (κ2) is 11.1. The fourth-order valence-electron chi connectivity index (χ4n) is 6.04. The lowest BCUT2D eigenvalue weighted by Gasteiger charge is -2.35. The first kappa shape index (κ1) is 28.9. The van der Waals surface area contributed by atoms with Gasteiger partial charge in [-0.1, -0.05) is 65.7 Å². The third-order valence-corrected chi connectivity index (χ3v) is 9.36. The van der Waals surface area contributed by atoms with Crippen LogP contribution in [0.3, 0.4) is 0 Å². The number of nitrogens with zero attached hydrogens (tertiary/aromatic N) is 3. The van der Waals surface area contributed by atoms with Crippen molar-refractivity contribution >= 4 is 45.8 Å². The van der Waals surface area contributed by atoms with Gasteiger partial charge in [0.05, 0.1) is 33.1 Å². The standard InChI is InChI=1S/C32H31Cl2F3N4O/c1-40-28-17-27(41-13-5-8-23(19-41)32(35,36)37)25(34)16-26(28)39-29(40)15-21-14-20(9-10-24(21)33)18-38-30(42)31(11-12-31)22-6-3-2-4-7-22/h2-4,6-7,9-10,14,16-17,23H,5,8,11-13,15,18-19H2,1H3,(H,38,42). The maximum absolute atomic E-state index is 13.4. The molecule has 5 nitrogen and oxygen atoms in total. The van der Waals surface area contributed by atoms with Gasteiger partial charge in [-0.05, 0) is 60.6 Å². The summed E-state index contributed by atoms with van der Waals surface area (Å²) in [6, 6.07) is 19.1. The SMILES string of the molecule is Cn1c(Cc2cc(CNC(=O)C3(c4ccccc4)CC3)ccc2Cl)nc2cc(Cl)c(N3CCCC(C(F)(F)F)C3)cc21. The predicted molar refractivity (Wildman–Crippen MR) is 160 cm³/mol. The molecule has 2 fully saturated rings. The van der Waals surface area contributed by atoms with Crippen LogP contribution in [0.4, 0.5) is 18.9 Å². The number of carbonyl (C=O) groups excluding carboxylic acids is 1. The van der Waals surface area contributed by atoms with Crippen LogP contribution in [0.1, 0.15) is 48.2 Å². The van der Waals surface area contributed by atoms with Crippen LogP contribution in [0.15, 0.2) is 60.7 Å². The summed E-state index contributed by atoms with van der Waals surface area (Å²) in [7, 11) is 1.88. The molecule has 1 atom stereocenters. The minimum Gasteiger partial charge on any atom is -0.370 e. The van der Waals surface area contributed by atoms with Crippen LogP contribution in [0.25, 0.3) is 11.0 Å². The highest BCUT2D eigenvalue weighted by Crippen LogP contribution is 2.48. The Morgan fingerprint density at radius 3 is 2.55 bits per heavy atom. The molecule has 2 aliphatic rings. The van der Waals surface area contributed by atoms with Crippen molar-refractivity contribution < 1.29 is 18.0 Å². The van der Waals surface area contributed by atoms with Gasteiger partial charge in [0, 0.05) is 38.1 Å². The van der Waals surface area contributed by atoms with Crippen LogP contribution in [0, 0.1) is 5.92 Å². The van der Waals surface area contributed by atoms with Crippen molar-refractivity contribution in [2.24, 2.45) is 13.0 Å². The number of benzene rings is 3. The maximum atomic E-state index is 13.4. The molecule has 220 valence electrons. The van der Waals surface area contributed by atoms with Gasteiger partial charge in [0.2, 0.25) is 5.91 Å². The lowest BCUT2D eigenvalue weighted by molar-refractivity contribution is -0.176. The monoisotopic (exact) mass is 614 g/mol. The molecule has 1 aliphatic heterocycles. The Morgan fingerprint density at radius 1 is 1.07 bits per heavy atom. The molecule has 0 radical (unpaired) electrons. The molecule has 1 aromatic heterocycles. The highest BCUT2D eigenvalue weighted by molar-refractivity contribution is 6.34. The Hall–Kier alpha value is -3.23. The second-order valence-electron chi connectivity index (χ2n) is 11.4. The maximum Gasteiger partial charge on any atom is 0.393 e. The number of aryl methyl sites for hydroxylation is 1. The number of aromatic nitrogens is 2. The molecule has 1 N–H and O–H groups in total. The largest absolute Gasteiger partial charge is 0.393 e. The number of piperidine rings is 1. The summed E-state index contributed by atoms with van der Waals surface area (Å²) in [5.41, 5.74) is 4.44. The molecule has 1 aliphatic carbocycles. The average molecular weight is 616 g/mol. The van der Waals surface area contributed by atoms with E-state index in [2.05, 4.69) is 5.32 Å². The topological polar surface area (TPSA) is 50.2 Å². The van der Waals surface area contributed by atoms with Crippen molar-refractivity contribution in [2.45, 2.75) is 50.2 Å². The summed E-state index contributed by atoms with van der Waals surface area (Å²) in [5.74, 6) is -0.593. The predicted octanol–water partition coefficient (Wildman–Crippen LogP) is 7.60. The van der Waals surface area contributed by atoms with E-state index in [9.17, 15) is 18.0 Å². The number of alkyl halides is 3. The molecule has 1 saturated heterocycles. The van der Waals surface area contributed by atoms with Gasteiger partial charge in [-0.15, -0.1) is 0 Å². The number of nitrogens with one attached hydrogen (secondary N) is 1. The minimum absolute atomic E-state index is 0.0310. The number of hydrogen-bond acceptors (Lipinski definition) is 3. The van der Waals surface area contributed by atoms with Crippen LogP contribution < -0.4 is 10.2 Å². The van der Waals surface area contributed by atoms with E-state index in [1.165, 1.54) is 0 Å². The molecule has 6 rings (SSSR count). The molecule has 1 saturated carbocycles. The number of halogens is 5. The van der Waals surface area contributed by atoms with E-state index in [1.54, 1.807) is 11.0 Å². The zero-order valence-electron chi connectivity index (χ0n) is 23.1. The van der Waals surface area contributed by atoms with Gasteiger partial charge in [0.25, 0.3) is 0 Å². The lowest BCUT2D eigenvalue weighted by atomic mass is 9.95. The number of carbonyl (C=O) groups is 1. The van der Waals surface area contributed by atoms with Gasteiger partial charge < -0.3 is 14.8 Å². The molecular weight excluding hydrogens is 584 g/mol. The van der Waals surface area contributed by atoms with Gasteiger partial charge in [0.1, 0.15) is 5.82 Å². The fraction of sp³-hybridized carbons (Fsp3) is 0.375. The van der Waals surface area contributed by atoms with Crippen molar-refractivity contribution in [1.82, 2.24) is 14.9 Å². The number of amides is 1. The Balaban J connectivity index is 1.19. The van der Waals surface area contributed by atoms with Gasteiger partial charge in [0.15, 0.2) is 0 Å². The Bertz CT molecular complexity index is 1630. The quantitative estimate of drug-likeness (QED) is 0.233. The molecule has 4 aromatic rings. The average Bonchev–Trinajstić information content (AvgIpc) is 3.74. The molecule has 2 heterocycles. The molecule has 3 aromatic carbocycles. The van der Waals surface area contributed by atoms with E-state index in [4.69, 9.17) is 28.2 Å². The first-order valence-corrected chi connectivity index (χ1v) is 14.9. The lowest BCUT2D eigenvalue weighted by Crippen LogP contribution is -2.41. The second-order valence-corrected chi connectivity index (χ2v) is 12.3. The molecule has 0 bridgehead atoms. The molecule has 42 heavy (non-hydrogen) atoms. The summed E-state index contributed by atoms with van der Waals surface area (Å²) in [5, 5.41) is 4.08. The minimum atomic E-state index is -4.23. The van der Waals surface area contributed by atoms with E-state index in [0.29, 0.717) is 47.2 Å². The molecule has 0 spiro atoms. The van der Waals surface area contributed by atoms with Crippen molar-refractivity contribution in [3.63, 3.8) is 0 Å². The van der Waals surface area contributed by atoms with E-state index in [-0.39, 0.29) is 18.9 Å². The van der Waals surface area contributed by atoms with Crippen LogP contribution in [-0.2, 0) is 30.2 Å². The van der Waals surface area contributed by atoms with Gasteiger partial charge in [-0.25, -0.2) is 4.98 Å². The number of anilines is 1. The summed E-state index contributed by atoms with van der Waals surface area (Å²) < 4.78 is 42.2. The summed E-state index contributed by atoms with van der Waals surface area (Å²) in [6.07, 6.45) is -1.52. The van der Waals surface area contributed by atoms with Crippen molar-refractivity contribution in [3.05, 3.63) is 93.2 Å². The van der Waals surface area contributed by atoms with Crippen LogP contribution >= 0.6 is 23.2 Å². The van der Waals surface area contributed by atoms with Gasteiger partial charge in [-0.2, -0.15) is 13.2 Å². The fourth-order valence-corrected chi connectivity index (χ4v) is 6.50.